The van der Waals surface area contributed by atoms with Gasteiger partial charge < -0.3 is 0 Å². The third-order valence-electron chi connectivity index (χ3n) is 4.68. The highest BCUT2D eigenvalue weighted by Crippen LogP contribution is 2.63. The summed E-state index contributed by atoms with van der Waals surface area (Å²) in [4.78, 5) is 14.1. The number of hydrogen-bond donors (Lipinski definition) is 0. The summed E-state index contributed by atoms with van der Waals surface area (Å²) in [6.45, 7) is 0. The second-order valence-electron chi connectivity index (χ2n) is 6.35. The van der Waals surface area contributed by atoms with Crippen LogP contribution in [0.2, 0.25) is 0 Å². The average molecular weight is 436 g/mol. The van der Waals surface area contributed by atoms with E-state index in [1.165, 1.54) is 40.9 Å². The van der Waals surface area contributed by atoms with Crippen LogP contribution in [0.4, 0.5) is 0 Å². The first-order chi connectivity index (χ1) is 13.9. The number of thioether (sulfide) groups is 4. The molecule has 0 unspecified atom stereocenters. The van der Waals surface area contributed by atoms with E-state index in [2.05, 4.69) is 28.2 Å². The quantitative estimate of drug-likeness (QED) is 0.346. The zero-order valence-electron chi connectivity index (χ0n) is 14.6. The lowest BCUT2D eigenvalue weighted by Crippen LogP contribution is -1.91. The summed E-state index contributed by atoms with van der Waals surface area (Å²) in [5, 5.41) is 0. The molecule has 28 heavy (non-hydrogen) atoms. The van der Waals surface area contributed by atoms with Gasteiger partial charge in [-0.3, -0.25) is 9.97 Å². The van der Waals surface area contributed by atoms with Gasteiger partial charge in [0.1, 0.15) is 0 Å². The lowest BCUT2D eigenvalue weighted by atomic mass is 10.1. The molecule has 0 bridgehead atoms. The predicted octanol–water partition coefficient (Wildman–Crippen LogP) is 6.32. The van der Waals surface area contributed by atoms with E-state index in [4.69, 9.17) is 4.98 Å². The predicted molar refractivity (Wildman–Crippen MR) is 124 cm³/mol. The van der Waals surface area contributed by atoms with Crippen LogP contribution in [0.5, 0.6) is 0 Å². The van der Waals surface area contributed by atoms with E-state index in [1.54, 1.807) is 6.20 Å². The molecular formula is C21H13N3S4. The Hall–Kier alpha value is -1.67. The van der Waals surface area contributed by atoms with Crippen molar-refractivity contribution in [3.8, 4) is 22.8 Å². The monoisotopic (exact) mass is 435 g/mol. The molecule has 6 rings (SSSR count). The van der Waals surface area contributed by atoms with Gasteiger partial charge in [0, 0.05) is 40.6 Å². The molecule has 3 nitrogen and oxygen atoms in total. The Morgan fingerprint density at radius 1 is 0.643 bits per heavy atom. The van der Waals surface area contributed by atoms with Gasteiger partial charge in [0.25, 0.3) is 0 Å². The first-order valence-electron chi connectivity index (χ1n) is 8.87. The number of nitrogens with zero attached hydrogens (tertiary/aromatic N) is 3. The van der Waals surface area contributed by atoms with Crippen molar-refractivity contribution in [3.63, 3.8) is 0 Å². The van der Waals surface area contributed by atoms with Crippen molar-refractivity contribution >= 4 is 52.6 Å². The number of hydrogen-bond acceptors (Lipinski definition) is 7. The molecule has 2 aliphatic heterocycles. The molecule has 5 heterocycles. The molecule has 0 atom stereocenters. The van der Waals surface area contributed by atoms with Crippen molar-refractivity contribution in [2.75, 3.05) is 11.5 Å². The van der Waals surface area contributed by atoms with Gasteiger partial charge >= 0.3 is 0 Å². The molecular weight excluding hydrogens is 423 g/mol. The summed E-state index contributed by atoms with van der Waals surface area (Å²) in [6, 6.07) is 14.4. The van der Waals surface area contributed by atoms with Gasteiger partial charge in [-0.2, -0.15) is 0 Å². The van der Waals surface area contributed by atoms with Crippen LogP contribution in [-0.2, 0) is 0 Å². The van der Waals surface area contributed by atoms with Gasteiger partial charge in [-0.15, -0.1) is 23.5 Å². The Balaban J connectivity index is 1.52. The Morgan fingerprint density at radius 2 is 1.43 bits per heavy atom. The van der Waals surface area contributed by atoms with E-state index in [-0.39, 0.29) is 0 Å². The van der Waals surface area contributed by atoms with Crippen LogP contribution in [0.3, 0.4) is 0 Å². The van der Waals surface area contributed by atoms with Gasteiger partial charge in [-0.05, 0) is 30.3 Å². The largest absolute Gasteiger partial charge is 0.255 e. The minimum Gasteiger partial charge on any atom is -0.255 e. The van der Waals surface area contributed by atoms with Crippen LogP contribution >= 0.6 is 47.0 Å². The van der Waals surface area contributed by atoms with E-state index in [0.29, 0.717) is 0 Å². The summed E-state index contributed by atoms with van der Waals surface area (Å²) in [6.07, 6.45) is 3.66. The minimum absolute atomic E-state index is 0.887. The van der Waals surface area contributed by atoms with E-state index in [9.17, 15) is 0 Å². The highest BCUT2D eigenvalue weighted by Gasteiger charge is 2.34. The standard InChI is InChI=1S/C21H13N3S4/c1-2-8-22-14(5-1)15-7-6-13-16(12-4-3-9-23-17(12)18(13)24-15)19-27-20-21(28-19)26-11-10-25-20/h1-9H,10-11H2. The molecule has 136 valence electrons. The Kier molecular flexibility index (Phi) is 4.29. The fraction of sp³-hybridized carbons (Fsp3) is 0.0952. The third kappa shape index (κ3) is 2.76. The lowest BCUT2D eigenvalue weighted by molar-refractivity contribution is 1.22. The first-order valence-corrected chi connectivity index (χ1v) is 12.5. The van der Waals surface area contributed by atoms with E-state index < -0.39 is 0 Å². The molecule has 0 amide bonds. The smallest absolute Gasteiger partial charge is 0.0979 e. The van der Waals surface area contributed by atoms with Crippen LogP contribution in [0.15, 0.2) is 67.6 Å². The van der Waals surface area contributed by atoms with Gasteiger partial charge in [0.2, 0.25) is 0 Å². The third-order valence-corrected chi connectivity index (χ3v) is 10.5. The van der Waals surface area contributed by atoms with Crippen molar-refractivity contribution < 1.29 is 0 Å². The highest BCUT2D eigenvalue weighted by atomic mass is 32.3. The molecule has 7 heteroatoms. The second-order valence-corrected chi connectivity index (χ2v) is 11.4. The Labute approximate surface area is 179 Å². The molecule has 3 aromatic heterocycles. The van der Waals surface area contributed by atoms with Crippen LogP contribution in [0, 0.1) is 0 Å². The maximum absolute atomic E-state index is 4.98. The van der Waals surface area contributed by atoms with Crippen LogP contribution in [0.1, 0.15) is 11.1 Å². The first kappa shape index (κ1) is 17.2. The fourth-order valence-corrected chi connectivity index (χ4v) is 9.56. The van der Waals surface area contributed by atoms with Crippen LogP contribution in [-0.4, -0.2) is 26.5 Å². The fourth-order valence-electron chi connectivity index (χ4n) is 3.48. The number of aromatic nitrogens is 3. The van der Waals surface area contributed by atoms with Crippen molar-refractivity contribution in [2.45, 2.75) is 0 Å². The van der Waals surface area contributed by atoms with Crippen molar-refractivity contribution in [3.05, 3.63) is 78.7 Å². The SMILES string of the molecule is c1ccc(-c2ccc3c(n2)-c2ncccc2C3=C2SC3=C(SCCS3)S2)nc1. The summed E-state index contributed by atoms with van der Waals surface area (Å²) in [5.41, 5.74) is 7.36. The zero-order chi connectivity index (χ0) is 18.5. The molecule has 1 aliphatic carbocycles. The maximum atomic E-state index is 4.98. The normalized spacial score (nSPS) is 17.6. The lowest BCUT2D eigenvalue weighted by Gasteiger charge is -2.08. The molecule has 0 saturated heterocycles. The molecule has 0 saturated carbocycles. The molecule has 0 fully saturated rings. The van der Waals surface area contributed by atoms with Gasteiger partial charge in [-0.25, -0.2) is 4.98 Å². The molecule has 3 aromatic rings. The van der Waals surface area contributed by atoms with E-state index >= 15 is 0 Å². The van der Waals surface area contributed by atoms with Crippen molar-refractivity contribution in [1.29, 1.82) is 0 Å². The van der Waals surface area contributed by atoms with Gasteiger partial charge in [0.05, 0.1) is 35.5 Å². The Bertz CT molecular complexity index is 1150. The summed E-state index contributed by atoms with van der Waals surface area (Å²) < 4.78 is 4.27. The Morgan fingerprint density at radius 3 is 2.21 bits per heavy atom. The van der Waals surface area contributed by atoms with Crippen molar-refractivity contribution in [1.82, 2.24) is 15.0 Å². The van der Waals surface area contributed by atoms with Crippen molar-refractivity contribution in [2.24, 2.45) is 0 Å². The van der Waals surface area contributed by atoms with Crippen LogP contribution < -0.4 is 0 Å². The zero-order valence-corrected chi connectivity index (χ0v) is 17.9. The summed E-state index contributed by atoms with van der Waals surface area (Å²) >= 11 is 7.80. The number of pyridine rings is 3. The topological polar surface area (TPSA) is 38.7 Å². The maximum Gasteiger partial charge on any atom is 0.0979 e. The highest BCUT2D eigenvalue weighted by molar-refractivity contribution is 8.41. The molecule has 0 spiro atoms. The molecule has 0 N–H and O–H groups in total. The van der Waals surface area contributed by atoms with E-state index in [0.717, 1.165) is 22.8 Å². The minimum atomic E-state index is 0.887. The molecule has 3 aliphatic rings. The van der Waals surface area contributed by atoms with E-state index in [1.807, 2.05) is 77.5 Å². The number of rotatable bonds is 1. The summed E-state index contributed by atoms with van der Waals surface area (Å²) in [7, 11) is 0. The van der Waals surface area contributed by atoms with Gasteiger partial charge in [-0.1, -0.05) is 35.7 Å². The number of fused-ring (bicyclic) bond motifs is 3. The molecule has 0 aromatic carbocycles. The van der Waals surface area contributed by atoms with Gasteiger partial charge in [0.15, 0.2) is 0 Å². The second kappa shape index (κ2) is 6.99. The average Bonchev–Trinajstić information content (AvgIpc) is 3.32. The summed E-state index contributed by atoms with van der Waals surface area (Å²) in [5.74, 6) is 2.40. The van der Waals surface area contributed by atoms with Crippen LogP contribution in [0.25, 0.3) is 28.3 Å². The molecule has 0 radical (unpaired) electrons.